The molecule has 0 saturated heterocycles. The number of hydrogen-bond acceptors (Lipinski definition) is 7. The number of benzene rings is 6. The van der Waals surface area contributed by atoms with E-state index in [9.17, 15) is 30.6 Å². The predicted molar refractivity (Wildman–Crippen MR) is 405 cm³/mol. The Bertz CT molecular complexity index is 3380. The summed E-state index contributed by atoms with van der Waals surface area (Å²) in [6, 6.07) is 25.8. The highest BCUT2D eigenvalue weighted by Gasteiger charge is 2.50. The molecule has 0 radical (unpaired) electrons. The molecule has 1 unspecified atom stereocenters. The van der Waals surface area contributed by atoms with Crippen LogP contribution in [0.2, 0.25) is 0 Å². The van der Waals surface area contributed by atoms with Crippen LogP contribution in [0.1, 0.15) is 334 Å². The summed E-state index contributed by atoms with van der Waals surface area (Å²) in [4.78, 5) is 0. The van der Waals surface area contributed by atoms with Gasteiger partial charge in [0.2, 0.25) is 0 Å². The predicted octanol–water partition coefficient (Wildman–Crippen LogP) is 24.3. The van der Waals surface area contributed by atoms with Crippen molar-refractivity contribution in [2.45, 2.75) is 324 Å². The molecule has 0 aromatic heterocycles. The van der Waals surface area contributed by atoms with Crippen LogP contribution in [0.3, 0.4) is 0 Å². The van der Waals surface area contributed by atoms with Gasteiger partial charge in [-0.05, 0) is 242 Å². The summed E-state index contributed by atoms with van der Waals surface area (Å²) in [6.07, 6.45) is 15.1. The summed E-state index contributed by atoms with van der Waals surface area (Å²) >= 11 is 2.09. The van der Waals surface area contributed by atoms with Crippen molar-refractivity contribution in [3.63, 3.8) is 0 Å². The number of phenols is 6. The summed E-state index contributed by atoms with van der Waals surface area (Å²) in [6.45, 7) is 57.0. The molecule has 1 atom stereocenters. The van der Waals surface area contributed by atoms with Crippen molar-refractivity contribution >= 4 is 11.8 Å². The van der Waals surface area contributed by atoms with Gasteiger partial charge in [0.15, 0.2) is 0 Å². The first-order chi connectivity index (χ1) is 43.2. The van der Waals surface area contributed by atoms with E-state index >= 15 is 0 Å². The minimum Gasteiger partial charge on any atom is -0.508 e. The molecule has 0 spiro atoms. The van der Waals surface area contributed by atoms with E-state index in [1.165, 1.54) is 51.4 Å². The van der Waals surface area contributed by atoms with E-state index in [0.29, 0.717) is 24.3 Å². The third-order valence-corrected chi connectivity index (χ3v) is 22.4. The number of rotatable bonds is 25. The first-order valence-corrected chi connectivity index (χ1v) is 36.9. The van der Waals surface area contributed by atoms with Crippen LogP contribution in [0.25, 0.3) is 0 Å². The molecule has 7 heteroatoms. The normalized spacial score (nSPS) is 13.6. The average molecular weight is 1300 g/mol. The first-order valence-electron chi connectivity index (χ1n) is 35.9. The number of hydrogen-bond donors (Lipinski definition) is 6. The Morgan fingerprint density at radius 3 is 0.883 bits per heavy atom. The number of unbranched alkanes of at least 4 members (excludes halogenated alkanes) is 9. The summed E-state index contributed by atoms with van der Waals surface area (Å²) in [5, 5.41) is 72.3. The van der Waals surface area contributed by atoms with Crippen LogP contribution in [-0.4, -0.2) is 41.6 Å². The van der Waals surface area contributed by atoms with Gasteiger partial charge >= 0.3 is 0 Å². The van der Waals surface area contributed by atoms with Crippen molar-refractivity contribution in [1.82, 2.24) is 0 Å². The molecule has 518 valence electrons. The van der Waals surface area contributed by atoms with E-state index in [4.69, 9.17) is 0 Å². The lowest BCUT2D eigenvalue weighted by Gasteiger charge is -2.49. The van der Waals surface area contributed by atoms with Crippen LogP contribution in [0.4, 0.5) is 0 Å². The largest absolute Gasteiger partial charge is 0.508 e. The van der Waals surface area contributed by atoms with E-state index < -0.39 is 32.5 Å². The molecule has 6 aromatic rings. The van der Waals surface area contributed by atoms with Crippen molar-refractivity contribution < 1.29 is 30.6 Å². The standard InChI is InChI=1S/C87H128O6S/c1-27-28-29-30-31-32-33-34-35-36-40-94-79(53-86(26,63-49-69(82(14,15)16)75(90)43-56(63)4)64-50-70(83(17,18)19)76(91)44-57(64)5)87(65-51-71(84(20,21)22)77(92)45-58(65)6,66-52-72(85(23,24)25)78(93)46-59(66)7)39-37-38-60(61-47-67(80(8,9)10)73(88)41-54(61)2)62-48-68(81(11,12)13)74(89)42-55(62)3/h41-52,60,79,88-93H,27-40,53H2,1-26H3. The molecule has 0 aliphatic heterocycles. The minimum atomic E-state index is -0.832. The van der Waals surface area contributed by atoms with Gasteiger partial charge in [-0.25, -0.2) is 0 Å². The fourth-order valence-corrected chi connectivity index (χ4v) is 17.4. The molecule has 0 saturated carbocycles. The van der Waals surface area contributed by atoms with Crippen molar-refractivity contribution in [1.29, 1.82) is 0 Å². The minimum absolute atomic E-state index is 0.146. The zero-order chi connectivity index (χ0) is 70.8. The molecule has 6 aromatic carbocycles. The molecule has 0 aliphatic carbocycles. The van der Waals surface area contributed by atoms with Crippen LogP contribution in [0, 0.1) is 41.5 Å². The number of phenolic OH excluding ortho intramolecular Hbond substituents is 6. The van der Waals surface area contributed by atoms with Crippen LogP contribution in [-0.2, 0) is 43.3 Å². The van der Waals surface area contributed by atoms with E-state index in [0.717, 1.165) is 132 Å². The highest BCUT2D eigenvalue weighted by molar-refractivity contribution is 8.00. The van der Waals surface area contributed by atoms with Gasteiger partial charge < -0.3 is 30.6 Å². The molecule has 0 fully saturated rings. The second-order valence-corrected chi connectivity index (χ2v) is 36.5. The first kappa shape index (κ1) is 77.5. The van der Waals surface area contributed by atoms with Crippen molar-refractivity contribution in [2.24, 2.45) is 0 Å². The second kappa shape index (κ2) is 29.7. The highest BCUT2D eigenvalue weighted by Crippen LogP contribution is 2.58. The lowest BCUT2D eigenvalue weighted by Crippen LogP contribution is -2.45. The summed E-state index contributed by atoms with van der Waals surface area (Å²) in [5.41, 5.74) is 14.2. The van der Waals surface area contributed by atoms with Gasteiger partial charge in [-0.2, -0.15) is 11.8 Å². The molecule has 0 bridgehead atoms. The molecule has 0 aliphatic rings. The molecule has 6 rings (SSSR count). The number of thioether (sulfide) groups is 1. The maximum atomic E-state index is 12.4. The Labute approximate surface area is 576 Å². The van der Waals surface area contributed by atoms with Crippen LogP contribution in [0.15, 0.2) is 72.8 Å². The van der Waals surface area contributed by atoms with Gasteiger partial charge in [-0.3, -0.25) is 0 Å². The Morgan fingerprint density at radius 2 is 0.574 bits per heavy atom. The lowest BCUT2D eigenvalue weighted by atomic mass is 9.59. The monoisotopic (exact) mass is 1300 g/mol. The van der Waals surface area contributed by atoms with Gasteiger partial charge in [0.05, 0.1) is 0 Å². The fraction of sp³-hybridized carbons (Fsp3) is 0.586. The van der Waals surface area contributed by atoms with Crippen LogP contribution < -0.4 is 0 Å². The van der Waals surface area contributed by atoms with Gasteiger partial charge in [-0.1, -0.05) is 239 Å². The van der Waals surface area contributed by atoms with Gasteiger partial charge in [0.25, 0.3) is 0 Å². The maximum Gasteiger partial charge on any atom is 0.119 e. The SMILES string of the molecule is CCCCCCCCCCCCSC(CC(C)(c1cc(C(C)(C)C)c(O)cc1C)c1cc(C(C)(C)C)c(O)cc1C)C(CCCC(c1cc(C(C)(C)C)c(O)cc1C)c1cc(C(C)(C)C)c(O)cc1C)(c1cc(C(C)(C)C)c(O)cc1C)c1cc(C(C)(C)C)c(O)cc1C. The van der Waals surface area contributed by atoms with E-state index in [2.05, 4.69) is 228 Å². The quantitative estimate of drug-likeness (QED) is 0.0316. The van der Waals surface area contributed by atoms with Crippen molar-refractivity contribution in [3.05, 3.63) is 173 Å². The average Bonchev–Trinajstić information content (AvgIpc) is 0.721. The Balaban J connectivity index is 1.84. The zero-order valence-corrected chi connectivity index (χ0v) is 64.6. The van der Waals surface area contributed by atoms with E-state index in [1.807, 2.05) is 36.4 Å². The molecule has 0 heterocycles. The number of aryl methyl sites for hydroxylation is 6. The summed E-state index contributed by atoms with van der Waals surface area (Å²) in [5.74, 6) is 2.46. The molecule has 6 nitrogen and oxygen atoms in total. The Kier molecular flexibility index (Phi) is 24.5. The molecule has 94 heavy (non-hydrogen) atoms. The summed E-state index contributed by atoms with van der Waals surface area (Å²) in [7, 11) is 0. The highest BCUT2D eigenvalue weighted by atomic mass is 32.2. The van der Waals surface area contributed by atoms with Crippen molar-refractivity contribution in [3.8, 4) is 34.5 Å². The summed E-state index contributed by atoms with van der Waals surface area (Å²) < 4.78 is 0. The second-order valence-electron chi connectivity index (χ2n) is 35.2. The third kappa shape index (κ3) is 17.6. The molecule has 6 N–H and O–H groups in total. The smallest absolute Gasteiger partial charge is 0.119 e. The van der Waals surface area contributed by atoms with Crippen molar-refractivity contribution in [2.75, 3.05) is 5.75 Å². The van der Waals surface area contributed by atoms with Crippen LogP contribution >= 0.6 is 11.8 Å². The lowest BCUT2D eigenvalue weighted by molar-refractivity contribution is 0.361. The molecular weight excluding hydrogens is 1170 g/mol. The van der Waals surface area contributed by atoms with Gasteiger partial charge in [-0.15, -0.1) is 0 Å². The van der Waals surface area contributed by atoms with E-state index in [1.54, 1.807) is 0 Å². The van der Waals surface area contributed by atoms with Gasteiger partial charge in [0.1, 0.15) is 34.5 Å². The molecular formula is C87H128O6S. The molecule has 0 amide bonds. The zero-order valence-electron chi connectivity index (χ0n) is 63.8. The van der Waals surface area contributed by atoms with Gasteiger partial charge in [0, 0.05) is 22.0 Å². The Morgan fingerprint density at radius 1 is 0.309 bits per heavy atom. The van der Waals surface area contributed by atoms with E-state index in [-0.39, 0.29) is 45.0 Å². The maximum absolute atomic E-state index is 12.4. The third-order valence-electron chi connectivity index (χ3n) is 20.9. The topological polar surface area (TPSA) is 121 Å². The van der Waals surface area contributed by atoms with Crippen LogP contribution in [0.5, 0.6) is 34.5 Å². The number of aromatic hydroxyl groups is 6. The fourth-order valence-electron chi connectivity index (χ4n) is 15.6. The Hall–Kier alpha value is -5.53.